The van der Waals surface area contributed by atoms with Crippen LogP contribution in [0.15, 0.2) is 36.4 Å². The fourth-order valence-corrected chi connectivity index (χ4v) is 2.45. The Balaban J connectivity index is 2.09. The lowest BCUT2D eigenvalue weighted by Crippen LogP contribution is -2.21. The van der Waals surface area contributed by atoms with Gasteiger partial charge in [0.2, 0.25) is 0 Å². The van der Waals surface area contributed by atoms with Gasteiger partial charge in [-0.1, -0.05) is 6.07 Å². The number of hydrogen-bond donors (Lipinski definition) is 1. The molecule has 0 unspecified atom stereocenters. The zero-order valence-electron chi connectivity index (χ0n) is 16.5. The zero-order valence-corrected chi connectivity index (χ0v) is 16.5. The average molecular weight is 399 g/mol. The Morgan fingerprint density at radius 3 is 1.86 bits per heavy atom. The topological polar surface area (TPSA) is 108 Å². The van der Waals surface area contributed by atoms with Crippen LogP contribution in [0.4, 0.5) is 5.69 Å². The van der Waals surface area contributed by atoms with Gasteiger partial charge in [0.1, 0.15) is 0 Å². The van der Waals surface area contributed by atoms with Gasteiger partial charge in [0.05, 0.1) is 30.9 Å². The SMILES string of the molecule is COC(=O)c1cc(NC(=O)COC(=O)c2ccc(C)c(C)c2)cc(C(=O)OC)c1. The minimum atomic E-state index is -0.688. The first-order valence-corrected chi connectivity index (χ1v) is 8.61. The number of amides is 1. The van der Waals surface area contributed by atoms with E-state index >= 15 is 0 Å². The largest absolute Gasteiger partial charge is 0.465 e. The van der Waals surface area contributed by atoms with Gasteiger partial charge in [0.15, 0.2) is 6.61 Å². The highest BCUT2D eigenvalue weighted by atomic mass is 16.5. The molecule has 0 fully saturated rings. The normalized spacial score (nSPS) is 10.1. The summed E-state index contributed by atoms with van der Waals surface area (Å²) in [4.78, 5) is 47.8. The number of methoxy groups -OCH3 is 2. The Morgan fingerprint density at radius 1 is 0.759 bits per heavy atom. The minimum absolute atomic E-state index is 0.0535. The number of aryl methyl sites for hydroxylation is 2. The van der Waals surface area contributed by atoms with E-state index in [0.717, 1.165) is 11.1 Å². The molecule has 0 aliphatic rings. The third kappa shape index (κ3) is 5.65. The summed E-state index contributed by atoms with van der Waals surface area (Å²) < 4.78 is 14.3. The van der Waals surface area contributed by atoms with Crippen LogP contribution in [0, 0.1) is 13.8 Å². The van der Waals surface area contributed by atoms with Gasteiger partial charge in [0.25, 0.3) is 5.91 Å². The quantitative estimate of drug-likeness (QED) is 0.588. The van der Waals surface area contributed by atoms with Gasteiger partial charge < -0.3 is 19.5 Å². The van der Waals surface area contributed by atoms with E-state index in [0.29, 0.717) is 5.56 Å². The molecule has 2 aromatic carbocycles. The number of rotatable bonds is 6. The van der Waals surface area contributed by atoms with Crippen molar-refractivity contribution in [2.45, 2.75) is 13.8 Å². The van der Waals surface area contributed by atoms with Crippen LogP contribution in [0.1, 0.15) is 42.2 Å². The predicted molar refractivity (Wildman–Crippen MR) is 104 cm³/mol. The maximum atomic E-state index is 12.1. The lowest BCUT2D eigenvalue weighted by molar-refractivity contribution is -0.119. The van der Waals surface area contributed by atoms with E-state index < -0.39 is 30.4 Å². The summed E-state index contributed by atoms with van der Waals surface area (Å²) in [5, 5.41) is 2.48. The molecule has 0 saturated carbocycles. The molecule has 1 amide bonds. The summed E-state index contributed by atoms with van der Waals surface area (Å²) in [7, 11) is 2.38. The van der Waals surface area contributed by atoms with E-state index in [-0.39, 0.29) is 16.8 Å². The van der Waals surface area contributed by atoms with E-state index in [4.69, 9.17) is 4.74 Å². The Bertz CT molecular complexity index is 931. The van der Waals surface area contributed by atoms with Gasteiger partial charge in [-0.3, -0.25) is 4.79 Å². The van der Waals surface area contributed by atoms with E-state index in [2.05, 4.69) is 14.8 Å². The maximum absolute atomic E-state index is 12.1. The fraction of sp³-hybridized carbons (Fsp3) is 0.238. The summed E-state index contributed by atoms with van der Waals surface area (Å²) in [5.41, 5.74) is 2.56. The number of nitrogens with one attached hydrogen (secondary N) is 1. The van der Waals surface area contributed by atoms with Crippen LogP contribution in [0.5, 0.6) is 0 Å². The second-order valence-corrected chi connectivity index (χ2v) is 6.21. The Morgan fingerprint density at radius 2 is 1.34 bits per heavy atom. The van der Waals surface area contributed by atoms with Crippen LogP contribution >= 0.6 is 0 Å². The molecule has 0 aromatic heterocycles. The van der Waals surface area contributed by atoms with Crippen molar-refractivity contribution in [3.8, 4) is 0 Å². The van der Waals surface area contributed by atoms with Crippen LogP contribution < -0.4 is 5.32 Å². The number of benzene rings is 2. The molecular weight excluding hydrogens is 378 g/mol. The first-order chi connectivity index (χ1) is 13.7. The summed E-state index contributed by atoms with van der Waals surface area (Å²) >= 11 is 0. The van der Waals surface area contributed by atoms with Gasteiger partial charge in [-0.2, -0.15) is 0 Å². The molecule has 2 rings (SSSR count). The molecule has 0 saturated heterocycles. The first kappa shape index (κ1) is 21.6. The molecule has 0 spiro atoms. The minimum Gasteiger partial charge on any atom is -0.465 e. The molecule has 0 aliphatic carbocycles. The summed E-state index contributed by atoms with van der Waals surface area (Å²) in [5.74, 6) is -2.65. The van der Waals surface area contributed by atoms with Gasteiger partial charge in [-0.25, -0.2) is 14.4 Å². The van der Waals surface area contributed by atoms with Crippen LogP contribution in [0.3, 0.4) is 0 Å². The van der Waals surface area contributed by atoms with E-state index in [9.17, 15) is 19.2 Å². The number of carbonyl (C=O) groups is 4. The monoisotopic (exact) mass is 399 g/mol. The predicted octanol–water partition coefficient (Wildman–Crippen LogP) is 2.67. The lowest BCUT2D eigenvalue weighted by atomic mass is 10.1. The molecule has 8 nitrogen and oxygen atoms in total. The van der Waals surface area contributed by atoms with Crippen molar-refractivity contribution in [3.63, 3.8) is 0 Å². The summed E-state index contributed by atoms with van der Waals surface area (Å²) in [6, 6.07) is 9.04. The van der Waals surface area contributed by atoms with Crippen molar-refractivity contribution < 1.29 is 33.4 Å². The van der Waals surface area contributed by atoms with Crippen molar-refractivity contribution in [1.29, 1.82) is 0 Å². The highest BCUT2D eigenvalue weighted by molar-refractivity contribution is 6.00. The second kappa shape index (κ2) is 9.50. The second-order valence-electron chi connectivity index (χ2n) is 6.21. The average Bonchev–Trinajstić information content (AvgIpc) is 2.72. The molecule has 152 valence electrons. The van der Waals surface area contributed by atoms with Crippen molar-refractivity contribution in [2.24, 2.45) is 0 Å². The summed E-state index contributed by atoms with van der Waals surface area (Å²) in [6.07, 6.45) is 0. The standard InChI is InChI=1S/C21H21NO7/c1-12-5-6-14(7-13(12)2)21(26)29-11-18(23)22-17-9-15(19(24)27-3)8-16(10-17)20(25)28-4/h5-10H,11H2,1-4H3,(H,22,23). The lowest BCUT2D eigenvalue weighted by Gasteiger charge is -2.10. The molecule has 0 atom stereocenters. The van der Waals surface area contributed by atoms with Gasteiger partial charge in [-0.05, 0) is 55.3 Å². The van der Waals surface area contributed by atoms with Crippen molar-refractivity contribution in [3.05, 3.63) is 64.2 Å². The third-order valence-electron chi connectivity index (χ3n) is 4.14. The van der Waals surface area contributed by atoms with Crippen LogP contribution in [0.2, 0.25) is 0 Å². The molecular formula is C21H21NO7. The molecule has 8 heteroatoms. The van der Waals surface area contributed by atoms with Crippen molar-refractivity contribution >= 4 is 29.5 Å². The number of ether oxygens (including phenoxy) is 3. The molecule has 1 N–H and O–H groups in total. The molecule has 0 aliphatic heterocycles. The smallest absolute Gasteiger partial charge is 0.338 e. The van der Waals surface area contributed by atoms with Crippen molar-refractivity contribution in [2.75, 3.05) is 26.1 Å². The first-order valence-electron chi connectivity index (χ1n) is 8.61. The van der Waals surface area contributed by atoms with Crippen LogP contribution in [0.25, 0.3) is 0 Å². The maximum Gasteiger partial charge on any atom is 0.338 e. The highest BCUT2D eigenvalue weighted by Crippen LogP contribution is 2.17. The number of anilines is 1. The number of carbonyl (C=O) groups excluding carboxylic acids is 4. The van der Waals surface area contributed by atoms with Gasteiger partial charge >= 0.3 is 17.9 Å². The van der Waals surface area contributed by atoms with Crippen molar-refractivity contribution in [1.82, 2.24) is 0 Å². The molecule has 2 aromatic rings. The fourth-order valence-electron chi connectivity index (χ4n) is 2.45. The Labute approximate surface area is 167 Å². The van der Waals surface area contributed by atoms with Gasteiger partial charge in [0, 0.05) is 5.69 Å². The molecule has 0 radical (unpaired) electrons. The highest BCUT2D eigenvalue weighted by Gasteiger charge is 2.16. The van der Waals surface area contributed by atoms with Gasteiger partial charge in [-0.15, -0.1) is 0 Å². The third-order valence-corrected chi connectivity index (χ3v) is 4.14. The summed E-state index contributed by atoms with van der Waals surface area (Å²) in [6.45, 7) is 3.25. The van der Waals surface area contributed by atoms with Crippen LogP contribution in [-0.2, 0) is 19.0 Å². The zero-order chi connectivity index (χ0) is 21.6. The van der Waals surface area contributed by atoms with Crippen LogP contribution in [-0.4, -0.2) is 44.6 Å². The van der Waals surface area contributed by atoms with E-state index in [1.54, 1.807) is 18.2 Å². The Hall–Kier alpha value is -3.68. The van der Waals surface area contributed by atoms with E-state index in [1.807, 2.05) is 13.8 Å². The molecule has 0 bridgehead atoms. The van der Waals surface area contributed by atoms with E-state index in [1.165, 1.54) is 32.4 Å². The number of hydrogen-bond acceptors (Lipinski definition) is 7. The Kier molecular flexibility index (Phi) is 7.08. The molecule has 0 heterocycles. The molecule has 29 heavy (non-hydrogen) atoms. The number of esters is 3.